The maximum absolute atomic E-state index is 11.3. The van der Waals surface area contributed by atoms with Gasteiger partial charge in [0.2, 0.25) is 0 Å². The van der Waals surface area contributed by atoms with Crippen LogP contribution < -0.4 is 5.32 Å². The van der Waals surface area contributed by atoms with E-state index in [1.165, 1.54) is 6.20 Å². The van der Waals surface area contributed by atoms with E-state index in [0.717, 1.165) is 0 Å². The van der Waals surface area contributed by atoms with Crippen LogP contribution in [-0.2, 0) is 0 Å². The van der Waals surface area contributed by atoms with E-state index in [0.29, 0.717) is 21.7 Å². The van der Waals surface area contributed by atoms with Crippen LogP contribution in [0.15, 0.2) is 16.7 Å². The van der Waals surface area contributed by atoms with Crippen molar-refractivity contribution in [2.45, 2.75) is 6.92 Å². The van der Waals surface area contributed by atoms with Gasteiger partial charge in [0.15, 0.2) is 0 Å². The molecule has 13 heavy (non-hydrogen) atoms. The minimum atomic E-state index is -0.203. The number of hydrogen-bond donors (Lipinski definition) is 1. The third kappa shape index (κ3) is 2.67. The lowest BCUT2D eigenvalue weighted by atomic mass is 10.3. The Kier molecular flexibility index (Phi) is 3.69. The monoisotopic (exact) mass is 262 g/mol. The van der Waals surface area contributed by atoms with Crippen molar-refractivity contribution < 1.29 is 4.79 Å². The molecule has 1 heterocycles. The zero-order valence-electron chi connectivity index (χ0n) is 6.97. The van der Waals surface area contributed by atoms with Crippen LogP contribution in [0.25, 0.3) is 0 Å². The maximum atomic E-state index is 11.3. The summed E-state index contributed by atoms with van der Waals surface area (Å²) in [6.45, 7) is 2.43. The average molecular weight is 264 g/mol. The molecule has 0 saturated carbocycles. The Morgan fingerprint density at radius 1 is 1.77 bits per heavy atom. The summed E-state index contributed by atoms with van der Waals surface area (Å²) >= 11 is 8.88. The SMILES string of the molecule is CCNC(=O)c1ncc(Cl)cc1Br. The van der Waals surface area contributed by atoms with Gasteiger partial charge >= 0.3 is 0 Å². The van der Waals surface area contributed by atoms with Crippen molar-refractivity contribution in [1.82, 2.24) is 10.3 Å². The van der Waals surface area contributed by atoms with Gasteiger partial charge in [-0.25, -0.2) is 4.98 Å². The molecule has 0 atom stereocenters. The summed E-state index contributed by atoms with van der Waals surface area (Å²) in [6.07, 6.45) is 1.44. The summed E-state index contributed by atoms with van der Waals surface area (Å²) in [4.78, 5) is 15.2. The fourth-order valence-corrected chi connectivity index (χ4v) is 1.64. The smallest absolute Gasteiger partial charge is 0.271 e. The lowest BCUT2D eigenvalue weighted by molar-refractivity contribution is 0.0950. The molecule has 1 aromatic heterocycles. The molecule has 0 aliphatic heterocycles. The summed E-state index contributed by atoms with van der Waals surface area (Å²) in [7, 11) is 0. The molecule has 0 saturated heterocycles. The topological polar surface area (TPSA) is 42.0 Å². The minimum Gasteiger partial charge on any atom is -0.351 e. The van der Waals surface area contributed by atoms with Crippen molar-refractivity contribution in [2.24, 2.45) is 0 Å². The highest BCUT2D eigenvalue weighted by Gasteiger charge is 2.10. The van der Waals surface area contributed by atoms with E-state index in [9.17, 15) is 4.79 Å². The number of aromatic nitrogens is 1. The van der Waals surface area contributed by atoms with Crippen LogP contribution in [-0.4, -0.2) is 17.4 Å². The Balaban J connectivity index is 2.95. The molecule has 5 heteroatoms. The van der Waals surface area contributed by atoms with Gasteiger partial charge in [-0.15, -0.1) is 0 Å². The molecule has 0 bridgehead atoms. The van der Waals surface area contributed by atoms with Gasteiger partial charge in [-0.05, 0) is 28.9 Å². The summed E-state index contributed by atoms with van der Waals surface area (Å²) in [6, 6.07) is 1.64. The molecule has 1 rings (SSSR count). The number of halogens is 2. The van der Waals surface area contributed by atoms with Crippen LogP contribution in [0.5, 0.6) is 0 Å². The van der Waals surface area contributed by atoms with E-state index < -0.39 is 0 Å². The molecule has 0 spiro atoms. The summed E-state index contributed by atoms with van der Waals surface area (Å²) in [5, 5.41) is 3.15. The van der Waals surface area contributed by atoms with Gasteiger partial charge in [0.1, 0.15) is 5.69 Å². The van der Waals surface area contributed by atoms with Gasteiger partial charge < -0.3 is 5.32 Å². The van der Waals surface area contributed by atoms with E-state index in [4.69, 9.17) is 11.6 Å². The van der Waals surface area contributed by atoms with Crippen molar-refractivity contribution >= 4 is 33.4 Å². The van der Waals surface area contributed by atoms with Crippen molar-refractivity contribution in [1.29, 1.82) is 0 Å². The third-order valence-corrected chi connectivity index (χ3v) is 2.17. The normalized spacial score (nSPS) is 9.77. The van der Waals surface area contributed by atoms with Crippen LogP contribution in [0.4, 0.5) is 0 Å². The van der Waals surface area contributed by atoms with E-state index in [-0.39, 0.29) is 5.91 Å². The van der Waals surface area contributed by atoms with Crippen LogP contribution in [0.1, 0.15) is 17.4 Å². The number of amides is 1. The second kappa shape index (κ2) is 4.58. The van der Waals surface area contributed by atoms with Crippen LogP contribution in [0.3, 0.4) is 0 Å². The van der Waals surface area contributed by atoms with Gasteiger partial charge in [-0.1, -0.05) is 11.6 Å². The predicted octanol–water partition coefficient (Wildman–Crippen LogP) is 2.25. The standard InChI is InChI=1S/C8H8BrClN2O/c1-2-11-8(13)7-6(9)3-5(10)4-12-7/h3-4H,2H2,1H3,(H,11,13). The number of nitrogens with one attached hydrogen (secondary N) is 1. The van der Waals surface area contributed by atoms with Crippen LogP contribution >= 0.6 is 27.5 Å². The fourth-order valence-electron chi connectivity index (χ4n) is 0.826. The number of pyridine rings is 1. The molecule has 1 N–H and O–H groups in total. The van der Waals surface area contributed by atoms with Crippen molar-refractivity contribution in [3.8, 4) is 0 Å². The molecule has 0 fully saturated rings. The molecule has 0 aromatic carbocycles. The largest absolute Gasteiger partial charge is 0.351 e. The third-order valence-electron chi connectivity index (χ3n) is 1.36. The first-order valence-electron chi connectivity index (χ1n) is 3.74. The Labute approximate surface area is 89.6 Å². The number of hydrogen-bond acceptors (Lipinski definition) is 2. The Bertz CT molecular complexity index is 330. The highest BCUT2D eigenvalue weighted by atomic mass is 79.9. The van der Waals surface area contributed by atoms with Gasteiger partial charge in [0.05, 0.1) is 9.50 Å². The molecular weight excluding hydrogens is 255 g/mol. The zero-order chi connectivity index (χ0) is 9.84. The van der Waals surface area contributed by atoms with E-state index in [1.807, 2.05) is 6.92 Å². The molecule has 0 aliphatic rings. The van der Waals surface area contributed by atoms with E-state index >= 15 is 0 Å². The van der Waals surface area contributed by atoms with Gasteiger partial charge in [0.25, 0.3) is 5.91 Å². The first-order valence-corrected chi connectivity index (χ1v) is 4.91. The first-order chi connectivity index (χ1) is 6.15. The number of nitrogens with zero attached hydrogens (tertiary/aromatic N) is 1. The Hall–Kier alpha value is -0.610. The maximum Gasteiger partial charge on any atom is 0.271 e. The molecule has 1 aromatic rings. The fraction of sp³-hybridized carbons (Fsp3) is 0.250. The first kappa shape index (κ1) is 10.5. The molecule has 0 radical (unpaired) electrons. The molecular formula is C8H8BrClN2O. The Morgan fingerprint density at radius 2 is 2.46 bits per heavy atom. The average Bonchev–Trinajstić information content (AvgIpc) is 2.04. The van der Waals surface area contributed by atoms with Crippen molar-refractivity contribution in [3.63, 3.8) is 0 Å². The number of rotatable bonds is 2. The molecule has 0 aliphatic carbocycles. The van der Waals surface area contributed by atoms with Gasteiger partial charge in [-0.2, -0.15) is 0 Å². The van der Waals surface area contributed by atoms with Gasteiger partial charge in [0, 0.05) is 12.7 Å². The lowest BCUT2D eigenvalue weighted by Gasteiger charge is -2.03. The summed E-state index contributed by atoms with van der Waals surface area (Å²) in [5.74, 6) is -0.203. The number of carbonyl (C=O) groups is 1. The molecule has 0 unspecified atom stereocenters. The quantitative estimate of drug-likeness (QED) is 0.889. The summed E-state index contributed by atoms with van der Waals surface area (Å²) < 4.78 is 0.603. The number of carbonyl (C=O) groups excluding carboxylic acids is 1. The highest BCUT2D eigenvalue weighted by Crippen LogP contribution is 2.18. The van der Waals surface area contributed by atoms with E-state index in [1.54, 1.807) is 6.07 Å². The zero-order valence-corrected chi connectivity index (χ0v) is 9.32. The second-order valence-electron chi connectivity index (χ2n) is 2.34. The predicted molar refractivity (Wildman–Crippen MR) is 55.0 cm³/mol. The lowest BCUT2D eigenvalue weighted by Crippen LogP contribution is -2.24. The highest BCUT2D eigenvalue weighted by molar-refractivity contribution is 9.10. The van der Waals surface area contributed by atoms with Crippen LogP contribution in [0, 0.1) is 0 Å². The van der Waals surface area contributed by atoms with E-state index in [2.05, 4.69) is 26.2 Å². The molecule has 1 amide bonds. The van der Waals surface area contributed by atoms with Crippen LogP contribution in [0.2, 0.25) is 5.02 Å². The van der Waals surface area contributed by atoms with Crippen molar-refractivity contribution in [2.75, 3.05) is 6.54 Å². The second-order valence-corrected chi connectivity index (χ2v) is 3.63. The Morgan fingerprint density at radius 3 is 3.00 bits per heavy atom. The van der Waals surface area contributed by atoms with Crippen molar-refractivity contribution in [3.05, 3.63) is 27.5 Å². The molecule has 3 nitrogen and oxygen atoms in total. The summed E-state index contributed by atoms with van der Waals surface area (Å²) in [5.41, 5.74) is 0.353. The molecule has 70 valence electrons. The minimum absolute atomic E-state index is 0.203. The van der Waals surface area contributed by atoms with Gasteiger partial charge in [-0.3, -0.25) is 4.79 Å².